The van der Waals surface area contributed by atoms with Crippen molar-refractivity contribution >= 4 is 11.0 Å². The van der Waals surface area contributed by atoms with E-state index in [0.717, 1.165) is 16.7 Å². The van der Waals surface area contributed by atoms with Crippen LogP contribution in [0.2, 0.25) is 0 Å². The summed E-state index contributed by atoms with van der Waals surface area (Å²) in [4.78, 5) is 8.66. The molecule has 1 atom stereocenters. The van der Waals surface area contributed by atoms with Crippen LogP contribution in [0.25, 0.3) is 0 Å². The number of aromatic nitrogens is 2. The number of hydrogen-bond acceptors (Lipinski definition) is 4. The first kappa shape index (κ1) is 20.8. The van der Waals surface area contributed by atoms with E-state index in [4.69, 9.17) is 0 Å². The molecule has 1 N–H and O–H groups in total. The van der Waals surface area contributed by atoms with Gasteiger partial charge < -0.3 is 0 Å². The van der Waals surface area contributed by atoms with Gasteiger partial charge in [0.2, 0.25) is 0 Å². The third-order valence-corrected chi connectivity index (χ3v) is 6.34. The highest BCUT2D eigenvalue weighted by Crippen LogP contribution is 2.38. The van der Waals surface area contributed by atoms with Gasteiger partial charge in [-0.05, 0) is 61.7 Å². The Labute approximate surface area is 174 Å². The summed E-state index contributed by atoms with van der Waals surface area (Å²) in [6.45, 7) is 6.16. The van der Waals surface area contributed by atoms with Crippen molar-refractivity contribution in [3.63, 3.8) is 0 Å². The molecule has 2 heterocycles. The molecule has 1 aromatic carbocycles. The standard InChI is InChI=1S/C23H24N4OS/c1-22(2,3)29(28)27-17-23(20-9-5-11-25-15-20,21-10-6-12-26-16-21)19-8-4-7-18(13-19)14-24/h4-13,15-16,27H,17H2,1-3H3. The summed E-state index contributed by atoms with van der Waals surface area (Å²) in [7, 11) is -1.27. The zero-order chi connectivity index (χ0) is 20.9. The Morgan fingerprint density at radius 1 is 0.966 bits per heavy atom. The van der Waals surface area contributed by atoms with E-state index in [1.54, 1.807) is 18.5 Å². The number of nitrogens with zero attached hydrogens (tertiary/aromatic N) is 3. The van der Waals surface area contributed by atoms with Crippen molar-refractivity contribution in [3.05, 3.63) is 95.6 Å². The molecule has 0 saturated heterocycles. The van der Waals surface area contributed by atoms with Crippen molar-refractivity contribution in [2.45, 2.75) is 30.9 Å². The highest BCUT2D eigenvalue weighted by atomic mass is 32.2. The number of benzene rings is 1. The number of rotatable bonds is 6. The second-order valence-corrected chi connectivity index (χ2v) is 9.83. The molecule has 5 nitrogen and oxygen atoms in total. The van der Waals surface area contributed by atoms with Crippen LogP contribution in [-0.2, 0) is 16.4 Å². The Bertz CT molecular complexity index is 984. The van der Waals surface area contributed by atoms with Gasteiger partial charge in [-0.15, -0.1) is 0 Å². The molecule has 0 amide bonds. The van der Waals surface area contributed by atoms with Crippen LogP contribution in [0, 0.1) is 11.3 Å². The first-order valence-electron chi connectivity index (χ1n) is 9.35. The van der Waals surface area contributed by atoms with Gasteiger partial charge in [0.25, 0.3) is 0 Å². The summed E-state index contributed by atoms with van der Waals surface area (Å²) >= 11 is 0. The van der Waals surface area contributed by atoms with Crippen LogP contribution in [0.1, 0.15) is 43.0 Å². The van der Waals surface area contributed by atoms with E-state index in [1.807, 2.05) is 75.6 Å². The Morgan fingerprint density at radius 3 is 2.03 bits per heavy atom. The number of nitriles is 1. The highest BCUT2D eigenvalue weighted by molar-refractivity contribution is 7.84. The maximum Gasteiger partial charge on any atom is 0.0991 e. The fourth-order valence-corrected chi connectivity index (χ4v) is 4.06. The van der Waals surface area contributed by atoms with Gasteiger partial charge in [0.1, 0.15) is 0 Å². The minimum absolute atomic E-state index is 0.364. The molecule has 0 aliphatic heterocycles. The van der Waals surface area contributed by atoms with Crippen molar-refractivity contribution in [2.24, 2.45) is 0 Å². The highest BCUT2D eigenvalue weighted by Gasteiger charge is 2.38. The average molecular weight is 405 g/mol. The Kier molecular flexibility index (Phi) is 6.21. The molecule has 0 aliphatic carbocycles. The van der Waals surface area contributed by atoms with E-state index < -0.39 is 21.1 Å². The summed E-state index contributed by atoms with van der Waals surface area (Å²) in [6, 6.07) is 17.5. The number of nitrogens with one attached hydrogen (secondary N) is 1. The van der Waals surface area contributed by atoms with Crippen molar-refractivity contribution in [1.82, 2.24) is 14.7 Å². The largest absolute Gasteiger partial charge is 0.264 e. The zero-order valence-corrected chi connectivity index (χ0v) is 17.6. The molecule has 0 bridgehead atoms. The molecule has 2 aromatic heterocycles. The van der Waals surface area contributed by atoms with Gasteiger partial charge in [0.15, 0.2) is 0 Å². The van der Waals surface area contributed by atoms with Gasteiger partial charge in [0, 0.05) is 31.3 Å². The number of pyridine rings is 2. The lowest BCUT2D eigenvalue weighted by Gasteiger charge is -2.36. The molecule has 0 saturated carbocycles. The SMILES string of the molecule is CC(C)(C)S(=O)NCC(c1cccnc1)(c1cccnc1)c1cccc(C#N)c1. The van der Waals surface area contributed by atoms with Gasteiger partial charge in [-0.3, -0.25) is 9.97 Å². The third-order valence-electron chi connectivity index (χ3n) is 4.82. The fraction of sp³-hybridized carbons (Fsp3) is 0.261. The summed E-state index contributed by atoms with van der Waals surface area (Å²) < 4.78 is 15.7. The maximum atomic E-state index is 12.8. The molecule has 0 fully saturated rings. The van der Waals surface area contributed by atoms with E-state index in [1.165, 1.54) is 0 Å². The molecule has 6 heteroatoms. The van der Waals surface area contributed by atoms with Gasteiger partial charge in [-0.1, -0.05) is 24.3 Å². The molecular formula is C23H24N4OS. The van der Waals surface area contributed by atoms with Crippen molar-refractivity contribution in [3.8, 4) is 6.07 Å². The minimum Gasteiger partial charge on any atom is -0.264 e. The summed E-state index contributed by atoms with van der Waals surface area (Å²) in [5.41, 5.74) is 2.63. The van der Waals surface area contributed by atoms with Gasteiger partial charge >= 0.3 is 0 Å². The normalized spacial score (nSPS) is 12.9. The third kappa shape index (κ3) is 4.42. The summed E-state index contributed by atoms with van der Waals surface area (Å²) in [6.07, 6.45) is 7.08. The first-order chi connectivity index (χ1) is 13.9. The smallest absolute Gasteiger partial charge is 0.0991 e. The van der Waals surface area contributed by atoms with E-state index in [-0.39, 0.29) is 0 Å². The van der Waals surface area contributed by atoms with E-state index in [9.17, 15) is 9.47 Å². The van der Waals surface area contributed by atoms with Crippen LogP contribution in [-0.4, -0.2) is 25.5 Å². The van der Waals surface area contributed by atoms with Crippen LogP contribution in [0.5, 0.6) is 0 Å². The average Bonchev–Trinajstić information content (AvgIpc) is 2.75. The van der Waals surface area contributed by atoms with Crippen LogP contribution in [0.4, 0.5) is 0 Å². The Balaban J connectivity index is 2.25. The predicted octanol–water partition coefficient (Wildman–Crippen LogP) is 3.73. The van der Waals surface area contributed by atoms with Gasteiger partial charge in [0.05, 0.1) is 32.8 Å². The second-order valence-electron chi connectivity index (χ2n) is 7.78. The number of hydrogen-bond donors (Lipinski definition) is 1. The quantitative estimate of drug-likeness (QED) is 0.679. The van der Waals surface area contributed by atoms with Crippen LogP contribution in [0.3, 0.4) is 0 Å². The molecular weight excluding hydrogens is 380 g/mol. The fourth-order valence-electron chi connectivity index (χ4n) is 3.28. The topological polar surface area (TPSA) is 78.7 Å². The second kappa shape index (κ2) is 8.64. The minimum atomic E-state index is -1.27. The molecule has 1 unspecified atom stereocenters. The van der Waals surface area contributed by atoms with Gasteiger partial charge in [-0.25, -0.2) is 8.93 Å². The van der Waals surface area contributed by atoms with E-state index in [2.05, 4.69) is 20.8 Å². The van der Waals surface area contributed by atoms with Crippen LogP contribution < -0.4 is 4.72 Å². The summed E-state index contributed by atoms with van der Waals surface area (Å²) in [5, 5.41) is 9.45. The summed E-state index contributed by atoms with van der Waals surface area (Å²) in [5.74, 6) is 0. The van der Waals surface area contributed by atoms with E-state index >= 15 is 0 Å². The maximum absolute atomic E-state index is 12.8. The van der Waals surface area contributed by atoms with Crippen molar-refractivity contribution in [2.75, 3.05) is 6.54 Å². The van der Waals surface area contributed by atoms with Crippen molar-refractivity contribution in [1.29, 1.82) is 5.26 Å². The lowest BCUT2D eigenvalue weighted by atomic mass is 9.70. The first-order valence-corrected chi connectivity index (χ1v) is 10.5. The Hall–Kier alpha value is -2.88. The van der Waals surface area contributed by atoms with Crippen molar-refractivity contribution < 1.29 is 4.21 Å². The lowest BCUT2D eigenvalue weighted by molar-refractivity contribution is 0.577. The molecule has 0 radical (unpaired) electrons. The molecule has 0 aliphatic rings. The predicted molar refractivity (Wildman–Crippen MR) is 115 cm³/mol. The van der Waals surface area contributed by atoms with Crippen LogP contribution >= 0.6 is 0 Å². The molecule has 0 spiro atoms. The molecule has 3 rings (SSSR count). The molecule has 148 valence electrons. The Morgan fingerprint density at radius 2 is 1.55 bits per heavy atom. The van der Waals surface area contributed by atoms with E-state index in [0.29, 0.717) is 12.1 Å². The lowest BCUT2D eigenvalue weighted by Crippen LogP contribution is -2.44. The zero-order valence-electron chi connectivity index (χ0n) is 16.8. The van der Waals surface area contributed by atoms with Gasteiger partial charge in [-0.2, -0.15) is 5.26 Å². The van der Waals surface area contributed by atoms with Crippen LogP contribution in [0.15, 0.2) is 73.3 Å². The molecule has 29 heavy (non-hydrogen) atoms. The monoisotopic (exact) mass is 404 g/mol. The molecule has 3 aromatic rings.